The predicted octanol–water partition coefficient (Wildman–Crippen LogP) is 0.0945. The second kappa shape index (κ2) is 4.78. The quantitative estimate of drug-likeness (QED) is 0.673. The van der Waals surface area contributed by atoms with E-state index in [1.54, 1.807) is 6.07 Å². The Hall–Kier alpha value is -1.33. The molecule has 1 rings (SSSR count). The Bertz CT molecular complexity index is 279. The average molecular weight is 200 g/mol. The molecule has 5 nitrogen and oxygen atoms in total. The number of aliphatic hydroxyl groups excluding tert-OH is 2. The van der Waals surface area contributed by atoms with E-state index in [1.807, 2.05) is 0 Å². The Morgan fingerprint density at radius 2 is 2.43 bits per heavy atom. The zero-order chi connectivity index (χ0) is 10.6. The van der Waals surface area contributed by atoms with Gasteiger partial charge in [-0.25, -0.2) is 0 Å². The van der Waals surface area contributed by atoms with Crippen molar-refractivity contribution < 1.29 is 24.2 Å². The van der Waals surface area contributed by atoms with Crippen LogP contribution in [0.2, 0.25) is 0 Å². The van der Waals surface area contributed by atoms with Gasteiger partial charge in [0.05, 0.1) is 20.0 Å². The van der Waals surface area contributed by atoms with Gasteiger partial charge in [0.2, 0.25) is 0 Å². The van der Waals surface area contributed by atoms with Gasteiger partial charge >= 0.3 is 5.97 Å². The Kier molecular flexibility index (Phi) is 3.67. The minimum Gasteiger partial charge on any atom is -0.469 e. The van der Waals surface area contributed by atoms with Gasteiger partial charge in [-0.2, -0.15) is 0 Å². The summed E-state index contributed by atoms with van der Waals surface area (Å²) in [5.74, 6) is -1.45. The molecule has 1 aromatic rings. The third kappa shape index (κ3) is 2.12. The van der Waals surface area contributed by atoms with E-state index in [9.17, 15) is 9.90 Å². The Morgan fingerprint density at radius 3 is 2.86 bits per heavy atom. The molecule has 78 valence electrons. The number of carbonyl (C=O) groups is 1. The molecule has 0 fully saturated rings. The Morgan fingerprint density at radius 1 is 1.71 bits per heavy atom. The van der Waals surface area contributed by atoms with Crippen LogP contribution in [-0.4, -0.2) is 29.9 Å². The van der Waals surface area contributed by atoms with Crippen molar-refractivity contribution in [3.63, 3.8) is 0 Å². The molecule has 0 saturated carbocycles. The molecule has 2 atom stereocenters. The fourth-order valence-electron chi connectivity index (χ4n) is 1.11. The van der Waals surface area contributed by atoms with Gasteiger partial charge in [-0.3, -0.25) is 4.79 Å². The first-order valence-corrected chi connectivity index (χ1v) is 4.11. The number of methoxy groups -OCH3 is 1. The summed E-state index contributed by atoms with van der Waals surface area (Å²) < 4.78 is 9.33. The summed E-state index contributed by atoms with van der Waals surface area (Å²) in [7, 11) is 1.19. The molecule has 0 aliphatic carbocycles. The lowest BCUT2D eigenvalue weighted by molar-refractivity contribution is -0.152. The number of carbonyl (C=O) groups excluding carboxylic acids is 1. The summed E-state index contributed by atoms with van der Waals surface area (Å²) in [6, 6.07) is 3.11. The van der Waals surface area contributed by atoms with E-state index in [0.29, 0.717) is 0 Å². The second-order valence-corrected chi connectivity index (χ2v) is 2.77. The van der Waals surface area contributed by atoms with Crippen LogP contribution in [0.4, 0.5) is 0 Å². The van der Waals surface area contributed by atoms with Crippen LogP contribution in [0.3, 0.4) is 0 Å². The molecule has 0 saturated heterocycles. The van der Waals surface area contributed by atoms with Crippen molar-refractivity contribution in [1.82, 2.24) is 0 Å². The minimum absolute atomic E-state index is 0.231. The monoisotopic (exact) mass is 200 g/mol. The van der Waals surface area contributed by atoms with Crippen LogP contribution in [0.5, 0.6) is 0 Å². The van der Waals surface area contributed by atoms with Gasteiger partial charge in [-0.15, -0.1) is 0 Å². The Labute approximate surface area is 80.9 Å². The summed E-state index contributed by atoms with van der Waals surface area (Å²) in [6.45, 7) is -0.492. The van der Waals surface area contributed by atoms with Crippen molar-refractivity contribution >= 4 is 5.97 Å². The van der Waals surface area contributed by atoms with Crippen LogP contribution in [0.15, 0.2) is 22.8 Å². The molecule has 0 radical (unpaired) electrons. The highest BCUT2D eigenvalue weighted by atomic mass is 16.5. The third-order valence-corrected chi connectivity index (χ3v) is 1.92. The molecule has 0 spiro atoms. The van der Waals surface area contributed by atoms with Crippen molar-refractivity contribution in [3.05, 3.63) is 24.2 Å². The summed E-state index contributed by atoms with van der Waals surface area (Å²) >= 11 is 0. The molecule has 2 unspecified atom stereocenters. The van der Waals surface area contributed by atoms with E-state index in [0.717, 1.165) is 0 Å². The van der Waals surface area contributed by atoms with Crippen LogP contribution >= 0.6 is 0 Å². The lowest BCUT2D eigenvalue weighted by Crippen LogP contribution is -2.26. The summed E-state index contributed by atoms with van der Waals surface area (Å²) in [5.41, 5.74) is 0. The highest BCUT2D eigenvalue weighted by Gasteiger charge is 2.29. The standard InChI is InChI=1S/C9H12O5/c1-13-9(12)6(5-10)8(11)7-3-2-4-14-7/h2-4,6,8,10-11H,5H2,1H3. The van der Waals surface area contributed by atoms with Crippen molar-refractivity contribution in [2.45, 2.75) is 6.10 Å². The van der Waals surface area contributed by atoms with Gasteiger partial charge in [0.25, 0.3) is 0 Å². The van der Waals surface area contributed by atoms with Crippen LogP contribution < -0.4 is 0 Å². The van der Waals surface area contributed by atoms with Gasteiger partial charge in [-0.05, 0) is 12.1 Å². The van der Waals surface area contributed by atoms with Crippen molar-refractivity contribution in [2.75, 3.05) is 13.7 Å². The van der Waals surface area contributed by atoms with Gasteiger partial charge in [0.15, 0.2) is 0 Å². The van der Waals surface area contributed by atoms with E-state index in [2.05, 4.69) is 4.74 Å². The third-order valence-electron chi connectivity index (χ3n) is 1.92. The van der Waals surface area contributed by atoms with E-state index >= 15 is 0 Å². The number of rotatable bonds is 4. The number of hydrogen-bond donors (Lipinski definition) is 2. The summed E-state index contributed by atoms with van der Waals surface area (Å²) in [6.07, 6.45) is 0.201. The summed E-state index contributed by atoms with van der Waals surface area (Å²) in [5, 5.41) is 18.5. The maximum atomic E-state index is 11.1. The average Bonchev–Trinajstić information content (AvgIpc) is 2.71. The van der Waals surface area contributed by atoms with Crippen molar-refractivity contribution in [2.24, 2.45) is 5.92 Å². The van der Waals surface area contributed by atoms with Crippen LogP contribution in [-0.2, 0) is 9.53 Å². The largest absolute Gasteiger partial charge is 0.469 e. The van der Waals surface area contributed by atoms with E-state index in [1.165, 1.54) is 19.4 Å². The first-order chi connectivity index (χ1) is 6.70. The van der Waals surface area contributed by atoms with Gasteiger partial charge in [-0.1, -0.05) is 0 Å². The number of furan rings is 1. The molecule has 5 heteroatoms. The minimum atomic E-state index is -1.18. The highest BCUT2D eigenvalue weighted by molar-refractivity contribution is 5.73. The number of hydrogen-bond acceptors (Lipinski definition) is 5. The van der Waals surface area contributed by atoms with E-state index in [4.69, 9.17) is 9.52 Å². The molecule has 14 heavy (non-hydrogen) atoms. The Balaban J connectivity index is 2.75. The number of ether oxygens (including phenoxy) is 1. The fraction of sp³-hybridized carbons (Fsp3) is 0.444. The van der Waals surface area contributed by atoms with Crippen molar-refractivity contribution in [1.29, 1.82) is 0 Å². The maximum Gasteiger partial charge on any atom is 0.314 e. The molecule has 0 aliphatic rings. The zero-order valence-corrected chi connectivity index (χ0v) is 7.71. The van der Waals surface area contributed by atoms with Gasteiger partial charge in [0, 0.05) is 0 Å². The molecule has 0 amide bonds. The summed E-state index contributed by atoms with van der Waals surface area (Å²) in [4.78, 5) is 11.1. The molecule has 2 N–H and O–H groups in total. The predicted molar refractivity (Wildman–Crippen MR) is 46.3 cm³/mol. The maximum absolute atomic E-state index is 11.1. The number of esters is 1. The van der Waals surface area contributed by atoms with E-state index < -0.39 is 24.6 Å². The number of aliphatic hydroxyl groups is 2. The second-order valence-electron chi connectivity index (χ2n) is 2.77. The van der Waals surface area contributed by atoms with E-state index in [-0.39, 0.29) is 5.76 Å². The molecule has 0 aliphatic heterocycles. The first kappa shape index (κ1) is 10.7. The normalized spacial score (nSPS) is 14.8. The molecule has 0 bridgehead atoms. The SMILES string of the molecule is COC(=O)C(CO)C(O)c1ccco1. The highest BCUT2D eigenvalue weighted by Crippen LogP contribution is 2.22. The van der Waals surface area contributed by atoms with Crippen molar-refractivity contribution in [3.8, 4) is 0 Å². The molecular formula is C9H12O5. The van der Waals surface area contributed by atoms with Crippen LogP contribution in [0.1, 0.15) is 11.9 Å². The fourth-order valence-corrected chi connectivity index (χ4v) is 1.11. The smallest absolute Gasteiger partial charge is 0.314 e. The zero-order valence-electron chi connectivity index (χ0n) is 7.71. The topological polar surface area (TPSA) is 79.9 Å². The van der Waals surface area contributed by atoms with Crippen LogP contribution in [0.25, 0.3) is 0 Å². The van der Waals surface area contributed by atoms with Gasteiger partial charge < -0.3 is 19.4 Å². The van der Waals surface area contributed by atoms with Crippen LogP contribution in [0, 0.1) is 5.92 Å². The molecular weight excluding hydrogens is 188 g/mol. The van der Waals surface area contributed by atoms with Gasteiger partial charge in [0.1, 0.15) is 17.8 Å². The lowest BCUT2D eigenvalue weighted by Gasteiger charge is -2.16. The lowest BCUT2D eigenvalue weighted by atomic mass is 10.0. The molecule has 1 aromatic heterocycles. The molecule has 0 aromatic carbocycles. The first-order valence-electron chi connectivity index (χ1n) is 4.11. The molecule has 1 heterocycles.